The zero-order valence-electron chi connectivity index (χ0n) is 12.1. The molecule has 2 atom stereocenters. The summed E-state index contributed by atoms with van der Waals surface area (Å²) in [7, 11) is 1.91. The molecule has 0 spiro atoms. The Morgan fingerprint density at radius 2 is 2.11 bits per heavy atom. The van der Waals surface area contributed by atoms with Gasteiger partial charge < -0.3 is 10.6 Å². The van der Waals surface area contributed by atoms with Gasteiger partial charge in [-0.1, -0.05) is 25.8 Å². The lowest BCUT2D eigenvalue weighted by molar-refractivity contribution is 0.0673. The van der Waals surface area contributed by atoms with E-state index in [9.17, 15) is 4.79 Å². The summed E-state index contributed by atoms with van der Waals surface area (Å²) < 4.78 is 0. The molecule has 19 heavy (non-hydrogen) atoms. The molecule has 104 valence electrons. The average molecular weight is 260 g/mol. The molecule has 1 aliphatic rings. The molecule has 0 radical (unpaired) electrons. The highest BCUT2D eigenvalue weighted by molar-refractivity contribution is 5.99. The fraction of sp³-hybridized carbons (Fsp3) is 0.562. The molecule has 2 N–H and O–H groups in total. The number of aryl methyl sites for hydroxylation is 1. The highest BCUT2D eigenvalue weighted by Gasteiger charge is 2.26. The van der Waals surface area contributed by atoms with E-state index in [-0.39, 0.29) is 5.91 Å². The Labute approximate surface area is 115 Å². The van der Waals surface area contributed by atoms with Crippen molar-refractivity contribution < 1.29 is 4.79 Å². The third kappa shape index (κ3) is 3.09. The van der Waals surface area contributed by atoms with Gasteiger partial charge in [-0.2, -0.15) is 0 Å². The molecule has 2 rings (SSSR count). The second kappa shape index (κ2) is 5.64. The van der Waals surface area contributed by atoms with Crippen molar-refractivity contribution in [2.45, 2.75) is 45.6 Å². The third-order valence-electron chi connectivity index (χ3n) is 4.21. The van der Waals surface area contributed by atoms with Gasteiger partial charge in [0.25, 0.3) is 5.91 Å². The van der Waals surface area contributed by atoms with Gasteiger partial charge in [0.05, 0.1) is 5.56 Å². The van der Waals surface area contributed by atoms with E-state index in [1.165, 1.54) is 12.8 Å². The summed E-state index contributed by atoms with van der Waals surface area (Å²) in [5, 5.41) is 0. The molecule has 0 aliphatic heterocycles. The fourth-order valence-electron chi connectivity index (χ4n) is 2.99. The average Bonchev–Trinajstić information content (AvgIpc) is 2.37. The molecule has 1 fully saturated rings. The normalized spacial score (nSPS) is 23.1. The Bertz CT molecular complexity index is 470. The largest absolute Gasteiger partial charge is 0.398 e. The molecule has 1 aliphatic carbocycles. The number of carbonyl (C=O) groups excluding carboxylic acids is 1. The van der Waals surface area contributed by atoms with Crippen molar-refractivity contribution in [3.05, 3.63) is 29.3 Å². The van der Waals surface area contributed by atoms with Crippen LogP contribution in [-0.4, -0.2) is 23.9 Å². The number of nitrogen functional groups attached to an aromatic ring is 1. The maximum absolute atomic E-state index is 12.5. The molecule has 3 nitrogen and oxygen atoms in total. The molecular formula is C16H24N2O. The molecule has 3 heteroatoms. The maximum Gasteiger partial charge on any atom is 0.255 e. The van der Waals surface area contributed by atoms with E-state index in [2.05, 4.69) is 6.92 Å². The Hall–Kier alpha value is -1.51. The molecule has 0 aromatic heterocycles. The Kier molecular flexibility index (Phi) is 4.13. The second-order valence-electron chi connectivity index (χ2n) is 5.93. The topological polar surface area (TPSA) is 46.3 Å². The van der Waals surface area contributed by atoms with Crippen molar-refractivity contribution in [2.24, 2.45) is 5.92 Å². The van der Waals surface area contributed by atoms with Crippen LogP contribution in [0, 0.1) is 12.8 Å². The smallest absolute Gasteiger partial charge is 0.255 e. The predicted molar refractivity (Wildman–Crippen MR) is 79.1 cm³/mol. The molecule has 2 unspecified atom stereocenters. The molecule has 1 amide bonds. The summed E-state index contributed by atoms with van der Waals surface area (Å²) in [6.07, 6.45) is 4.71. The molecule has 0 heterocycles. The minimum atomic E-state index is 0.0524. The molecular weight excluding hydrogens is 236 g/mol. The number of nitrogens with zero attached hydrogens (tertiary/aromatic N) is 1. The van der Waals surface area contributed by atoms with Crippen LogP contribution in [0.4, 0.5) is 5.69 Å². The van der Waals surface area contributed by atoms with Crippen LogP contribution < -0.4 is 5.73 Å². The van der Waals surface area contributed by atoms with E-state index >= 15 is 0 Å². The van der Waals surface area contributed by atoms with Gasteiger partial charge in [-0.25, -0.2) is 0 Å². The molecule has 1 saturated carbocycles. The summed E-state index contributed by atoms with van der Waals surface area (Å²) in [6.45, 7) is 4.25. The zero-order valence-corrected chi connectivity index (χ0v) is 12.1. The van der Waals surface area contributed by atoms with E-state index in [0.29, 0.717) is 23.2 Å². The summed E-state index contributed by atoms with van der Waals surface area (Å²) in [6, 6.07) is 6.01. The predicted octanol–water partition coefficient (Wildman–Crippen LogP) is 3.23. The van der Waals surface area contributed by atoms with E-state index in [0.717, 1.165) is 18.4 Å². The Balaban J connectivity index is 2.14. The summed E-state index contributed by atoms with van der Waals surface area (Å²) in [4.78, 5) is 14.4. The Morgan fingerprint density at radius 3 is 2.74 bits per heavy atom. The van der Waals surface area contributed by atoms with E-state index in [1.54, 1.807) is 0 Å². The van der Waals surface area contributed by atoms with Gasteiger partial charge in [-0.3, -0.25) is 4.79 Å². The van der Waals surface area contributed by atoms with Crippen LogP contribution in [-0.2, 0) is 0 Å². The lowest BCUT2D eigenvalue weighted by atomic mass is 9.86. The van der Waals surface area contributed by atoms with Gasteiger partial charge in [0.15, 0.2) is 0 Å². The number of rotatable bonds is 2. The van der Waals surface area contributed by atoms with Crippen LogP contribution in [0.2, 0.25) is 0 Å². The van der Waals surface area contributed by atoms with Crippen molar-refractivity contribution in [2.75, 3.05) is 12.8 Å². The van der Waals surface area contributed by atoms with Crippen molar-refractivity contribution in [1.82, 2.24) is 4.90 Å². The lowest BCUT2D eigenvalue weighted by Crippen LogP contribution is -2.40. The van der Waals surface area contributed by atoms with Crippen LogP contribution in [0.3, 0.4) is 0 Å². The Morgan fingerprint density at radius 1 is 1.37 bits per heavy atom. The standard InChI is InChI=1S/C16H24N2O/c1-11-5-4-6-13(9-11)18(3)16(19)14-8-7-12(2)10-15(14)17/h7-8,10-11,13H,4-6,9,17H2,1-3H3. The lowest BCUT2D eigenvalue weighted by Gasteiger charge is -2.34. The quantitative estimate of drug-likeness (QED) is 0.830. The van der Waals surface area contributed by atoms with E-state index in [4.69, 9.17) is 5.73 Å². The first kappa shape index (κ1) is 13.9. The summed E-state index contributed by atoms with van der Waals surface area (Å²) in [5.74, 6) is 0.765. The summed E-state index contributed by atoms with van der Waals surface area (Å²) >= 11 is 0. The van der Waals surface area contributed by atoms with Crippen molar-refractivity contribution in [3.8, 4) is 0 Å². The maximum atomic E-state index is 12.5. The van der Waals surface area contributed by atoms with E-state index in [1.807, 2.05) is 37.1 Å². The minimum Gasteiger partial charge on any atom is -0.398 e. The van der Waals surface area contributed by atoms with Crippen molar-refractivity contribution in [3.63, 3.8) is 0 Å². The number of amides is 1. The first-order valence-electron chi connectivity index (χ1n) is 7.12. The van der Waals surface area contributed by atoms with Crippen LogP contribution in [0.1, 0.15) is 48.5 Å². The van der Waals surface area contributed by atoms with Gasteiger partial charge in [-0.05, 0) is 43.4 Å². The number of benzene rings is 1. The fourth-order valence-corrected chi connectivity index (χ4v) is 2.99. The second-order valence-corrected chi connectivity index (χ2v) is 5.93. The molecule has 1 aromatic carbocycles. The summed E-state index contributed by atoms with van der Waals surface area (Å²) in [5.41, 5.74) is 8.27. The number of hydrogen-bond donors (Lipinski definition) is 1. The minimum absolute atomic E-state index is 0.0524. The van der Waals surface area contributed by atoms with Gasteiger partial charge in [0.1, 0.15) is 0 Å². The van der Waals surface area contributed by atoms with Crippen LogP contribution in [0.5, 0.6) is 0 Å². The SMILES string of the molecule is Cc1ccc(C(=O)N(C)C2CCCC(C)C2)c(N)c1. The van der Waals surface area contributed by atoms with Crippen LogP contribution in [0.25, 0.3) is 0 Å². The van der Waals surface area contributed by atoms with Gasteiger partial charge in [0, 0.05) is 18.8 Å². The van der Waals surface area contributed by atoms with Crippen molar-refractivity contribution in [1.29, 1.82) is 0 Å². The van der Waals surface area contributed by atoms with Gasteiger partial charge >= 0.3 is 0 Å². The third-order valence-corrected chi connectivity index (χ3v) is 4.21. The monoisotopic (exact) mass is 260 g/mol. The van der Waals surface area contributed by atoms with Crippen LogP contribution in [0.15, 0.2) is 18.2 Å². The molecule has 0 saturated heterocycles. The van der Waals surface area contributed by atoms with Gasteiger partial charge in [0.2, 0.25) is 0 Å². The number of nitrogens with two attached hydrogens (primary N) is 1. The number of anilines is 1. The van der Waals surface area contributed by atoms with Crippen LogP contribution >= 0.6 is 0 Å². The molecule has 0 bridgehead atoms. The zero-order chi connectivity index (χ0) is 14.0. The highest BCUT2D eigenvalue weighted by Crippen LogP contribution is 2.28. The van der Waals surface area contributed by atoms with E-state index < -0.39 is 0 Å². The number of carbonyl (C=O) groups is 1. The van der Waals surface area contributed by atoms with Gasteiger partial charge in [-0.15, -0.1) is 0 Å². The van der Waals surface area contributed by atoms with Crippen molar-refractivity contribution >= 4 is 11.6 Å². The first-order valence-corrected chi connectivity index (χ1v) is 7.12. The highest BCUT2D eigenvalue weighted by atomic mass is 16.2. The molecule has 1 aromatic rings. The number of hydrogen-bond acceptors (Lipinski definition) is 2. The first-order chi connectivity index (χ1) is 8.99.